The number of hydrogen-bond donors (Lipinski definition) is 1. The molecule has 0 aliphatic carbocycles. The molecule has 2 atom stereocenters. The number of carbonyl (C=O) groups is 1. The van der Waals surface area contributed by atoms with E-state index in [4.69, 9.17) is 10.5 Å². The van der Waals surface area contributed by atoms with E-state index in [1.807, 2.05) is 0 Å². The van der Waals surface area contributed by atoms with Gasteiger partial charge in [0.2, 0.25) is 0 Å². The van der Waals surface area contributed by atoms with E-state index < -0.39 is 35.7 Å². The molecule has 112 valence electrons. The topological polar surface area (TPSA) is 55.6 Å². The molecule has 1 fully saturated rings. The Morgan fingerprint density at radius 3 is 2.26 bits per heavy atom. The molecular weight excluding hydrogens is 261 g/mol. The summed E-state index contributed by atoms with van der Waals surface area (Å²) in [4.78, 5) is 12.9. The van der Waals surface area contributed by atoms with Crippen molar-refractivity contribution in [1.82, 2.24) is 4.90 Å². The second-order valence-electron chi connectivity index (χ2n) is 6.21. The lowest BCUT2D eigenvalue weighted by atomic mass is 9.79. The maximum absolute atomic E-state index is 13.1. The van der Waals surface area contributed by atoms with Crippen molar-refractivity contribution < 1.29 is 22.7 Å². The fourth-order valence-corrected chi connectivity index (χ4v) is 2.18. The van der Waals surface area contributed by atoms with Crippen LogP contribution in [0.4, 0.5) is 18.0 Å². The molecule has 0 aromatic carbocycles. The van der Waals surface area contributed by atoms with Crippen LogP contribution in [-0.2, 0) is 4.74 Å². The van der Waals surface area contributed by atoms with Crippen LogP contribution in [0.5, 0.6) is 0 Å². The summed E-state index contributed by atoms with van der Waals surface area (Å²) in [6.07, 6.45) is -5.12. The van der Waals surface area contributed by atoms with E-state index in [1.54, 1.807) is 20.8 Å². The number of nitrogens with two attached hydrogens (primary N) is 1. The zero-order valence-corrected chi connectivity index (χ0v) is 11.7. The number of carbonyl (C=O) groups excluding carboxylic acids is 1. The molecule has 1 saturated heterocycles. The van der Waals surface area contributed by atoms with Gasteiger partial charge in [-0.15, -0.1) is 0 Å². The highest BCUT2D eigenvalue weighted by atomic mass is 19.4. The molecule has 0 radical (unpaired) electrons. The zero-order valence-electron chi connectivity index (χ0n) is 11.7. The van der Waals surface area contributed by atoms with E-state index in [2.05, 4.69) is 0 Å². The van der Waals surface area contributed by atoms with Crippen LogP contribution in [0.25, 0.3) is 0 Å². The normalized spacial score (nSPS) is 28.6. The predicted octanol–water partition coefficient (Wildman–Crippen LogP) is 2.38. The Kier molecular flexibility index (Phi) is 4.10. The number of likely N-dealkylation sites (tertiary alicyclic amines) is 1. The molecule has 0 aromatic rings. The molecule has 0 spiro atoms. The van der Waals surface area contributed by atoms with Crippen LogP contribution in [0.15, 0.2) is 0 Å². The van der Waals surface area contributed by atoms with Crippen molar-refractivity contribution in [3.05, 3.63) is 0 Å². The fourth-order valence-electron chi connectivity index (χ4n) is 2.18. The Balaban J connectivity index is 2.86. The predicted molar refractivity (Wildman–Crippen MR) is 64.5 cm³/mol. The summed E-state index contributed by atoms with van der Waals surface area (Å²) in [5.41, 5.74) is 2.71. The van der Waals surface area contributed by atoms with E-state index in [1.165, 1.54) is 0 Å². The second-order valence-corrected chi connectivity index (χ2v) is 6.21. The van der Waals surface area contributed by atoms with Gasteiger partial charge < -0.3 is 15.4 Å². The van der Waals surface area contributed by atoms with Gasteiger partial charge in [-0.25, -0.2) is 4.79 Å². The summed E-state index contributed by atoms with van der Waals surface area (Å²) in [6, 6.07) is 0. The van der Waals surface area contributed by atoms with Crippen LogP contribution in [0.1, 0.15) is 27.7 Å². The smallest absolute Gasteiger partial charge is 0.410 e. The summed E-state index contributed by atoms with van der Waals surface area (Å²) >= 11 is 0. The van der Waals surface area contributed by atoms with Gasteiger partial charge in [0.05, 0.1) is 5.41 Å². The first-order chi connectivity index (χ1) is 8.40. The van der Waals surface area contributed by atoms with Gasteiger partial charge in [0.15, 0.2) is 0 Å². The molecule has 0 saturated carbocycles. The molecule has 0 aromatic heterocycles. The van der Waals surface area contributed by atoms with Gasteiger partial charge in [0, 0.05) is 19.0 Å². The van der Waals surface area contributed by atoms with Gasteiger partial charge in [0.25, 0.3) is 0 Å². The Labute approximate surface area is 111 Å². The summed E-state index contributed by atoms with van der Waals surface area (Å²) in [5, 5.41) is 0. The van der Waals surface area contributed by atoms with E-state index in [0.717, 1.165) is 11.8 Å². The number of nitrogens with zero attached hydrogens (tertiary/aromatic N) is 1. The molecule has 1 heterocycles. The number of amides is 1. The van der Waals surface area contributed by atoms with Crippen LogP contribution >= 0.6 is 0 Å². The molecule has 0 unspecified atom stereocenters. The van der Waals surface area contributed by atoms with Crippen molar-refractivity contribution in [3.8, 4) is 0 Å². The largest absolute Gasteiger partial charge is 0.444 e. The number of ether oxygens (including phenoxy) is 1. The first kappa shape index (κ1) is 16.1. The summed E-state index contributed by atoms with van der Waals surface area (Å²) < 4.78 is 44.5. The van der Waals surface area contributed by atoms with Crippen molar-refractivity contribution in [2.24, 2.45) is 17.1 Å². The molecule has 1 aliphatic heterocycles. The molecule has 1 aliphatic rings. The lowest BCUT2D eigenvalue weighted by molar-refractivity contribution is -0.224. The minimum absolute atomic E-state index is 0.0264. The van der Waals surface area contributed by atoms with Gasteiger partial charge >= 0.3 is 12.3 Å². The molecule has 19 heavy (non-hydrogen) atoms. The van der Waals surface area contributed by atoms with Crippen LogP contribution < -0.4 is 5.73 Å². The third kappa shape index (κ3) is 3.32. The Bertz CT molecular complexity index is 352. The van der Waals surface area contributed by atoms with Gasteiger partial charge in [0.1, 0.15) is 5.60 Å². The van der Waals surface area contributed by atoms with Crippen molar-refractivity contribution >= 4 is 6.09 Å². The first-order valence-corrected chi connectivity index (χ1v) is 6.15. The molecule has 2 N–H and O–H groups in total. The third-order valence-electron chi connectivity index (χ3n) is 3.44. The van der Waals surface area contributed by atoms with E-state index in [0.29, 0.717) is 0 Å². The second kappa shape index (κ2) is 4.85. The van der Waals surface area contributed by atoms with E-state index in [9.17, 15) is 18.0 Å². The van der Waals surface area contributed by atoms with Crippen molar-refractivity contribution in [1.29, 1.82) is 0 Å². The first-order valence-electron chi connectivity index (χ1n) is 6.15. The molecule has 0 bridgehead atoms. The highest BCUT2D eigenvalue weighted by Gasteiger charge is 2.60. The Morgan fingerprint density at radius 2 is 1.95 bits per heavy atom. The number of alkyl halides is 3. The minimum atomic E-state index is -4.40. The number of rotatable bonds is 1. The van der Waals surface area contributed by atoms with Gasteiger partial charge in [-0.05, 0) is 34.2 Å². The standard InChI is InChI=1S/C12H21F3N2O2/c1-10(2,3)19-9(18)17-6-8(5-16)11(4,7-17)12(13,14)15/h8H,5-7,16H2,1-4H3/t8-,11+/m1/s1. The van der Waals surface area contributed by atoms with Crippen LogP contribution in [0, 0.1) is 11.3 Å². The van der Waals surface area contributed by atoms with E-state index >= 15 is 0 Å². The van der Waals surface area contributed by atoms with Crippen LogP contribution in [0.3, 0.4) is 0 Å². The maximum atomic E-state index is 13.1. The average Bonchev–Trinajstić information content (AvgIpc) is 2.53. The van der Waals surface area contributed by atoms with Crippen LogP contribution in [-0.4, -0.2) is 42.4 Å². The fraction of sp³-hybridized carbons (Fsp3) is 0.917. The number of halogens is 3. The van der Waals surface area contributed by atoms with Crippen molar-refractivity contribution in [3.63, 3.8) is 0 Å². The average molecular weight is 282 g/mol. The third-order valence-corrected chi connectivity index (χ3v) is 3.44. The summed E-state index contributed by atoms with van der Waals surface area (Å²) in [5.74, 6) is -0.806. The summed E-state index contributed by atoms with van der Waals surface area (Å²) in [6.45, 7) is 5.57. The SMILES string of the molecule is CC(C)(C)OC(=O)N1C[C@@H](CN)[C@@](C)(C(F)(F)F)C1. The molecular formula is C12H21F3N2O2. The Morgan fingerprint density at radius 1 is 1.42 bits per heavy atom. The van der Waals surface area contributed by atoms with Gasteiger partial charge in [-0.2, -0.15) is 13.2 Å². The van der Waals surface area contributed by atoms with E-state index in [-0.39, 0.29) is 13.1 Å². The molecule has 4 nitrogen and oxygen atoms in total. The summed E-state index contributed by atoms with van der Waals surface area (Å²) in [7, 11) is 0. The molecule has 1 amide bonds. The monoisotopic (exact) mass is 282 g/mol. The minimum Gasteiger partial charge on any atom is -0.444 e. The lowest BCUT2D eigenvalue weighted by Gasteiger charge is -2.32. The van der Waals surface area contributed by atoms with Crippen molar-refractivity contribution in [2.75, 3.05) is 19.6 Å². The quantitative estimate of drug-likeness (QED) is 0.803. The van der Waals surface area contributed by atoms with Crippen molar-refractivity contribution in [2.45, 2.75) is 39.5 Å². The Hall–Kier alpha value is -0.980. The highest BCUT2D eigenvalue weighted by molar-refractivity contribution is 5.68. The zero-order chi connectivity index (χ0) is 15.1. The molecule has 7 heteroatoms. The maximum Gasteiger partial charge on any atom is 0.410 e. The lowest BCUT2D eigenvalue weighted by Crippen LogP contribution is -2.45. The number of hydrogen-bond acceptors (Lipinski definition) is 3. The highest BCUT2D eigenvalue weighted by Crippen LogP contribution is 2.48. The molecule has 1 rings (SSSR count). The van der Waals surface area contributed by atoms with Crippen LogP contribution in [0.2, 0.25) is 0 Å². The van der Waals surface area contributed by atoms with Gasteiger partial charge in [-0.1, -0.05) is 0 Å². The van der Waals surface area contributed by atoms with Gasteiger partial charge in [-0.3, -0.25) is 0 Å².